The number of hydrogen-bond donors (Lipinski definition) is 0. The van der Waals surface area contributed by atoms with Gasteiger partial charge in [0.25, 0.3) is 0 Å². The fourth-order valence-corrected chi connectivity index (χ4v) is 1.77. The minimum absolute atomic E-state index is 0.0838. The molecule has 0 aliphatic carbocycles. The Morgan fingerprint density at radius 1 is 1.42 bits per heavy atom. The Balaban J connectivity index is 3.75. The SMILES string of the molecule is COC(=O)/C=C\[Te]C(=O)N(C)C. The standard InChI is InChI=1S/C7H11NO3Te/c1-8(2)7(10)12-5-4-6(9)11-3/h4-5H,1-3H3/b5-4-. The van der Waals surface area contributed by atoms with E-state index < -0.39 is 26.9 Å². The summed E-state index contributed by atoms with van der Waals surface area (Å²) < 4.78 is 6.06. The molecule has 0 N–H and O–H groups in total. The number of nitrogens with zero attached hydrogens (tertiary/aromatic N) is 1. The second-order valence-electron chi connectivity index (χ2n) is 2.10. The van der Waals surface area contributed by atoms with Gasteiger partial charge in [0.1, 0.15) is 0 Å². The normalized spacial score (nSPS) is 9.92. The molecule has 0 unspecified atom stereocenters. The van der Waals surface area contributed by atoms with Gasteiger partial charge in [-0.15, -0.1) is 0 Å². The molecule has 0 aliphatic heterocycles. The van der Waals surface area contributed by atoms with Gasteiger partial charge in [-0.2, -0.15) is 0 Å². The van der Waals surface area contributed by atoms with Crippen molar-refractivity contribution in [2.45, 2.75) is 0 Å². The molecule has 0 saturated carbocycles. The number of methoxy groups -OCH3 is 1. The molecule has 0 spiro atoms. The van der Waals surface area contributed by atoms with E-state index in [0.717, 1.165) is 0 Å². The van der Waals surface area contributed by atoms with Gasteiger partial charge in [-0.05, 0) is 0 Å². The predicted octanol–water partition coefficient (Wildman–Crippen LogP) is 0.0589. The molecule has 0 aromatic carbocycles. The number of ether oxygens (including phenoxy) is 1. The maximum absolute atomic E-state index is 11.0. The van der Waals surface area contributed by atoms with Crippen LogP contribution in [0, 0.1) is 0 Å². The van der Waals surface area contributed by atoms with Gasteiger partial charge in [0, 0.05) is 0 Å². The second kappa shape index (κ2) is 6.04. The van der Waals surface area contributed by atoms with Crippen LogP contribution >= 0.6 is 0 Å². The van der Waals surface area contributed by atoms with E-state index in [0.29, 0.717) is 0 Å². The molecule has 0 fully saturated rings. The first-order valence-electron chi connectivity index (χ1n) is 3.20. The zero-order chi connectivity index (χ0) is 9.56. The number of rotatable bonds is 3. The monoisotopic (exact) mass is 287 g/mol. The van der Waals surface area contributed by atoms with Gasteiger partial charge in [-0.1, -0.05) is 0 Å². The first-order chi connectivity index (χ1) is 5.57. The Kier molecular flexibility index (Phi) is 5.77. The molecule has 0 aliphatic rings. The second-order valence-corrected chi connectivity index (χ2v) is 4.55. The number of hydrogen-bond acceptors (Lipinski definition) is 3. The van der Waals surface area contributed by atoms with Crippen LogP contribution in [0.15, 0.2) is 10.2 Å². The number of carbonyl (C=O) groups is 2. The molecule has 0 atom stereocenters. The zero-order valence-electron chi connectivity index (χ0n) is 7.23. The number of esters is 1. The van der Waals surface area contributed by atoms with Gasteiger partial charge in [0.2, 0.25) is 0 Å². The van der Waals surface area contributed by atoms with E-state index in [2.05, 4.69) is 4.74 Å². The van der Waals surface area contributed by atoms with Gasteiger partial charge in [0.15, 0.2) is 0 Å². The van der Waals surface area contributed by atoms with Crippen LogP contribution in [0.4, 0.5) is 4.79 Å². The molecule has 0 aromatic heterocycles. The molecular formula is C7H11NO3Te. The Labute approximate surface area is 81.6 Å². The van der Waals surface area contributed by atoms with Crippen molar-refractivity contribution in [3.8, 4) is 0 Å². The molecule has 0 rings (SSSR count). The molecule has 68 valence electrons. The summed E-state index contributed by atoms with van der Waals surface area (Å²) in [5, 5.41) is 0. The van der Waals surface area contributed by atoms with Crippen molar-refractivity contribution in [1.29, 1.82) is 0 Å². The van der Waals surface area contributed by atoms with Gasteiger partial charge in [-0.25, -0.2) is 0 Å². The molecule has 1 amide bonds. The average molecular weight is 285 g/mol. The first-order valence-corrected chi connectivity index (χ1v) is 5.71. The van der Waals surface area contributed by atoms with Crippen LogP contribution in [0.1, 0.15) is 0 Å². The van der Waals surface area contributed by atoms with Crippen molar-refractivity contribution in [2.75, 3.05) is 21.2 Å². The summed E-state index contributed by atoms with van der Waals surface area (Å²) in [4.78, 5) is 23.1. The van der Waals surface area contributed by atoms with Crippen LogP contribution in [0.2, 0.25) is 0 Å². The van der Waals surface area contributed by atoms with E-state index in [1.165, 1.54) is 18.1 Å². The van der Waals surface area contributed by atoms with Crippen LogP contribution in [0.25, 0.3) is 0 Å². The number of carbonyl (C=O) groups excluding carboxylic acids is 2. The van der Waals surface area contributed by atoms with E-state index in [1.807, 2.05) is 0 Å². The summed E-state index contributed by atoms with van der Waals surface area (Å²) in [5.74, 6) is -0.411. The summed E-state index contributed by atoms with van der Waals surface area (Å²) in [7, 11) is 4.69. The van der Waals surface area contributed by atoms with Gasteiger partial charge in [-0.3, -0.25) is 0 Å². The minimum atomic E-state index is -0.883. The van der Waals surface area contributed by atoms with Gasteiger partial charge in [0.05, 0.1) is 0 Å². The Bertz CT molecular complexity index is 201. The van der Waals surface area contributed by atoms with Gasteiger partial charge < -0.3 is 0 Å². The molecule has 12 heavy (non-hydrogen) atoms. The van der Waals surface area contributed by atoms with Crippen LogP contribution in [0.3, 0.4) is 0 Å². The summed E-state index contributed by atoms with van der Waals surface area (Å²) in [5.41, 5.74) is 0. The zero-order valence-corrected chi connectivity index (χ0v) is 9.57. The van der Waals surface area contributed by atoms with Crippen molar-refractivity contribution in [3.05, 3.63) is 10.2 Å². The van der Waals surface area contributed by atoms with E-state index >= 15 is 0 Å². The van der Waals surface area contributed by atoms with E-state index in [1.54, 1.807) is 18.2 Å². The summed E-state index contributed by atoms with van der Waals surface area (Å²) >= 11 is -0.883. The molecule has 0 radical (unpaired) electrons. The Morgan fingerprint density at radius 3 is 2.42 bits per heavy atom. The predicted molar refractivity (Wildman–Crippen MR) is 46.0 cm³/mol. The quantitative estimate of drug-likeness (QED) is 0.418. The fourth-order valence-electron chi connectivity index (χ4n) is 0.321. The van der Waals surface area contributed by atoms with Crippen LogP contribution in [-0.2, 0) is 9.53 Å². The third kappa shape index (κ3) is 5.16. The van der Waals surface area contributed by atoms with Crippen molar-refractivity contribution in [1.82, 2.24) is 4.90 Å². The van der Waals surface area contributed by atoms with E-state index in [9.17, 15) is 9.59 Å². The van der Waals surface area contributed by atoms with Gasteiger partial charge >= 0.3 is 81.5 Å². The molecule has 0 aromatic rings. The first kappa shape index (κ1) is 11.5. The summed E-state index contributed by atoms with van der Waals surface area (Å²) in [6.07, 6.45) is 1.30. The molecule has 0 bridgehead atoms. The molecule has 0 saturated heterocycles. The van der Waals surface area contributed by atoms with E-state index in [-0.39, 0.29) is 3.96 Å². The van der Waals surface area contributed by atoms with Crippen LogP contribution in [0.5, 0.6) is 0 Å². The van der Waals surface area contributed by atoms with Crippen molar-refractivity contribution in [3.63, 3.8) is 0 Å². The fraction of sp³-hybridized carbons (Fsp3) is 0.429. The third-order valence-electron chi connectivity index (χ3n) is 0.939. The Hall–Kier alpha value is -0.530. The molecular weight excluding hydrogens is 274 g/mol. The van der Waals surface area contributed by atoms with Crippen molar-refractivity contribution in [2.24, 2.45) is 0 Å². The summed E-state index contributed by atoms with van der Waals surface area (Å²) in [6.45, 7) is 0. The maximum atomic E-state index is 11.0. The average Bonchev–Trinajstić information content (AvgIpc) is 2.03. The summed E-state index contributed by atoms with van der Waals surface area (Å²) in [6, 6.07) is 0. The van der Waals surface area contributed by atoms with Crippen LogP contribution in [-0.4, -0.2) is 57.0 Å². The third-order valence-corrected chi connectivity index (χ3v) is 3.33. The van der Waals surface area contributed by atoms with E-state index in [4.69, 9.17) is 0 Å². The Morgan fingerprint density at radius 2 is 2.00 bits per heavy atom. The van der Waals surface area contributed by atoms with Crippen LogP contribution < -0.4 is 0 Å². The van der Waals surface area contributed by atoms with Crippen molar-refractivity contribution < 1.29 is 14.3 Å². The molecule has 5 heteroatoms. The molecule has 4 nitrogen and oxygen atoms in total. The number of amides is 1. The molecule has 0 heterocycles. The topological polar surface area (TPSA) is 46.6 Å². The van der Waals surface area contributed by atoms with Crippen molar-refractivity contribution >= 4 is 30.8 Å².